The van der Waals surface area contributed by atoms with E-state index in [1.807, 2.05) is 6.07 Å². The minimum atomic E-state index is 0. The molecule has 0 spiro atoms. The minimum absolute atomic E-state index is 0. The lowest BCUT2D eigenvalue weighted by Crippen LogP contribution is -2.44. The van der Waals surface area contributed by atoms with Gasteiger partial charge in [-0.05, 0) is 51.8 Å². The van der Waals surface area contributed by atoms with Crippen LogP contribution in [0.15, 0.2) is 15.0 Å². The Bertz CT molecular complexity index is 760. The first-order valence-electron chi connectivity index (χ1n) is 7.30. The molecule has 1 N–H and O–H groups in total. The molecule has 1 aromatic carbocycles. The summed E-state index contributed by atoms with van der Waals surface area (Å²) in [6, 6.07) is 4.59. The number of halogens is 3. The van der Waals surface area contributed by atoms with E-state index in [9.17, 15) is 5.26 Å². The molecule has 2 aromatic rings. The fourth-order valence-corrected chi connectivity index (χ4v) is 3.67. The van der Waals surface area contributed by atoms with Crippen LogP contribution in [0.1, 0.15) is 25.5 Å². The van der Waals surface area contributed by atoms with E-state index in [0.717, 1.165) is 52.1 Å². The van der Waals surface area contributed by atoms with Gasteiger partial charge in [0.25, 0.3) is 0 Å². The van der Waals surface area contributed by atoms with Crippen LogP contribution >= 0.6 is 44.3 Å². The Hall–Kier alpha value is -0.810. The number of nitriles is 1. The Morgan fingerprint density at radius 3 is 2.52 bits per heavy atom. The third-order valence-corrected chi connectivity index (χ3v) is 5.87. The van der Waals surface area contributed by atoms with Crippen molar-refractivity contribution < 1.29 is 0 Å². The molecule has 1 aromatic heterocycles. The molecule has 0 saturated carbocycles. The van der Waals surface area contributed by atoms with E-state index in [4.69, 9.17) is 4.98 Å². The quantitative estimate of drug-likeness (QED) is 0.735. The van der Waals surface area contributed by atoms with Gasteiger partial charge in [0.2, 0.25) is 5.95 Å². The summed E-state index contributed by atoms with van der Waals surface area (Å²) in [6.45, 7) is 8.07. The Kier molecular flexibility index (Phi) is 5.95. The number of nitrogens with zero attached hydrogens (tertiary/aromatic N) is 4. The highest BCUT2D eigenvalue weighted by Crippen LogP contribution is 2.36. The Labute approximate surface area is 158 Å². The van der Waals surface area contributed by atoms with Crippen molar-refractivity contribution in [2.24, 2.45) is 0 Å². The highest BCUT2D eigenvalue weighted by Gasteiger charge is 2.23. The van der Waals surface area contributed by atoms with Gasteiger partial charge < -0.3 is 14.8 Å². The molecule has 5 nitrogen and oxygen atoms in total. The van der Waals surface area contributed by atoms with Crippen LogP contribution in [0.25, 0.3) is 11.0 Å². The van der Waals surface area contributed by atoms with E-state index in [2.05, 4.69) is 66.6 Å². The van der Waals surface area contributed by atoms with Crippen molar-refractivity contribution in [2.75, 3.05) is 31.1 Å². The second-order valence-corrected chi connectivity index (χ2v) is 7.29. The number of fused-ring (bicyclic) bond motifs is 1. The van der Waals surface area contributed by atoms with E-state index in [-0.39, 0.29) is 18.4 Å². The van der Waals surface area contributed by atoms with Crippen LogP contribution in [0, 0.1) is 11.3 Å². The van der Waals surface area contributed by atoms with Gasteiger partial charge in [0.15, 0.2) is 0 Å². The van der Waals surface area contributed by atoms with Gasteiger partial charge in [0.05, 0.1) is 15.6 Å². The number of aromatic nitrogens is 2. The van der Waals surface area contributed by atoms with Crippen LogP contribution in [0.4, 0.5) is 5.95 Å². The molecule has 124 valence electrons. The van der Waals surface area contributed by atoms with E-state index >= 15 is 0 Å². The van der Waals surface area contributed by atoms with Crippen molar-refractivity contribution in [3.05, 3.63) is 20.6 Å². The van der Waals surface area contributed by atoms with Gasteiger partial charge in [-0.3, -0.25) is 0 Å². The smallest absolute Gasteiger partial charge is 0.206 e. The second kappa shape index (κ2) is 7.39. The molecule has 0 unspecified atom stereocenters. The number of anilines is 1. The van der Waals surface area contributed by atoms with Crippen LogP contribution in [0.5, 0.6) is 0 Å². The summed E-state index contributed by atoms with van der Waals surface area (Å²) in [5.41, 5.74) is 2.34. The molecule has 3 rings (SSSR count). The number of nitrogens with one attached hydrogen (secondary N) is 1. The Morgan fingerprint density at radius 1 is 1.30 bits per heavy atom. The van der Waals surface area contributed by atoms with E-state index in [1.165, 1.54) is 0 Å². The Morgan fingerprint density at radius 2 is 1.96 bits per heavy atom. The Balaban J connectivity index is 0.00000192. The maximum atomic E-state index is 9.52. The molecule has 1 fully saturated rings. The van der Waals surface area contributed by atoms with Crippen molar-refractivity contribution in [1.29, 1.82) is 5.26 Å². The summed E-state index contributed by atoms with van der Waals surface area (Å²) in [6.07, 6.45) is 0. The third-order valence-electron chi connectivity index (χ3n) is 3.89. The van der Waals surface area contributed by atoms with Crippen molar-refractivity contribution in [2.45, 2.75) is 19.9 Å². The van der Waals surface area contributed by atoms with Crippen LogP contribution in [-0.4, -0.2) is 35.7 Å². The lowest BCUT2D eigenvalue weighted by atomic mass is 10.2. The predicted octanol–water partition coefficient (Wildman–Crippen LogP) is 3.85. The molecular weight excluding hydrogens is 445 g/mol. The standard InChI is InChI=1S/C15H17Br2N5.ClH/c1-9(2)22-12-7-11(16)13(17)10(8-18)14(12)20-15(22)21-5-3-19-4-6-21;/h7,9,19H,3-6H2,1-2H3;1H. The van der Waals surface area contributed by atoms with Gasteiger partial charge in [-0.15, -0.1) is 12.4 Å². The molecule has 0 aliphatic carbocycles. The van der Waals surface area contributed by atoms with Crippen LogP contribution in [0.3, 0.4) is 0 Å². The molecule has 23 heavy (non-hydrogen) atoms. The highest BCUT2D eigenvalue weighted by atomic mass is 79.9. The molecule has 1 saturated heterocycles. The zero-order valence-corrected chi connectivity index (χ0v) is 16.9. The topological polar surface area (TPSA) is 56.9 Å². The normalized spacial score (nSPS) is 14.9. The number of piperazine rings is 1. The third kappa shape index (κ3) is 3.22. The van der Waals surface area contributed by atoms with Crippen LogP contribution in [0.2, 0.25) is 0 Å². The lowest BCUT2D eigenvalue weighted by Gasteiger charge is -2.29. The average molecular weight is 464 g/mol. The van der Waals surface area contributed by atoms with Gasteiger partial charge in [0.1, 0.15) is 11.6 Å². The SMILES string of the molecule is CC(C)n1c(N2CCNCC2)nc2c(C#N)c(Br)c(Br)cc21.Cl. The minimum Gasteiger partial charge on any atom is -0.340 e. The predicted molar refractivity (Wildman–Crippen MR) is 103 cm³/mol. The van der Waals surface area contributed by atoms with Gasteiger partial charge >= 0.3 is 0 Å². The summed E-state index contributed by atoms with van der Waals surface area (Å²) in [4.78, 5) is 7.11. The molecule has 8 heteroatoms. The molecule has 1 aliphatic rings. The summed E-state index contributed by atoms with van der Waals surface area (Å²) in [7, 11) is 0. The van der Waals surface area contributed by atoms with E-state index in [0.29, 0.717) is 5.56 Å². The van der Waals surface area contributed by atoms with Gasteiger partial charge in [0, 0.05) is 36.7 Å². The number of benzene rings is 1. The maximum Gasteiger partial charge on any atom is 0.206 e. The van der Waals surface area contributed by atoms with Crippen molar-refractivity contribution in [1.82, 2.24) is 14.9 Å². The molecule has 0 atom stereocenters. The second-order valence-electron chi connectivity index (χ2n) is 5.64. The summed E-state index contributed by atoms with van der Waals surface area (Å²) in [5.74, 6) is 0.952. The van der Waals surface area contributed by atoms with Crippen molar-refractivity contribution >= 4 is 61.2 Å². The fraction of sp³-hybridized carbons (Fsp3) is 0.467. The lowest BCUT2D eigenvalue weighted by molar-refractivity contribution is 0.548. The van der Waals surface area contributed by atoms with Gasteiger partial charge in [-0.25, -0.2) is 4.98 Å². The van der Waals surface area contributed by atoms with Gasteiger partial charge in [-0.1, -0.05) is 0 Å². The molecule has 2 heterocycles. The largest absolute Gasteiger partial charge is 0.340 e. The zero-order chi connectivity index (χ0) is 15.9. The van der Waals surface area contributed by atoms with E-state index < -0.39 is 0 Å². The highest BCUT2D eigenvalue weighted by molar-refractivity contribution is 9.13. The number of imidazole rings is 1. The molecular formula is C15H18Br2ClN5. The molecule has 1 aliphatic heterocycles. The molecule has 0 amide bonds. The number of hydrogen-bond acceptors (Lipinski definition) is 4. The summed E-state index contributed by atoms with van der Waals surface area (Å²) < 4.78 is 3.87. The average Bonchev–Trinajstić information content (AvgIpc) is 2.88. The first-order chi connectivity index (χ1) is 10.5. The fourth-order valence-electron chi connectivity index (χ4n) is 2.86. The van der Waals surface area contributed by atoms with Crippen molar-refractivity contribution in [3.63, 3.8) is 0 Å². The van der Waals surface area contributed by atoms with Crippen LogP contribution in [-0.2, 0) is 0 Å². The number of rotatable bonds is 2. The summed E-state index contributed by atoms with van der Waals surface area (Å²) >= 11 is 7.02. The first-order valence-corrected chi connectivity index (χ1v) is 8.89. The number of hydrogen-bond donors (Lipinski definition) is 1. The van der Waals surface area contributed by atoms with Crippen molar-refractivity contribution in [3.8, 4) is 6.07 Å². The first kappa shape index (κ1) is 18.5. The molecule has 0 bridgehead atoms. The summed E-state index contributed by atoms with van der Waals surface area (Å²) in [5, 5.41) is 12.9. The zero-order valence-electron chi connectivity index (χ0n) is 12.9. The van der Waals surface area contributed by atoms with E-state index in [1.54, 1.807) is 0 Å². The van der Waals surface area contributed by atoms with Gasteiger partial charge in [-0.2, -0.15) is 5.26 Å². The monoisotopic (exact) mass is 461 g/mol. The molecule has 0 radical (unpaired) electrons. The van der Waals surface area contributed by atoms with Crippen LogP contribution < -0.4 is 10.2 Å². The maximum absolute atomic E-state index is 9.52.